The maximum atomic E-state index is 12.7. The third-order valence-electron chi connectivity index (χ3n) is 5.04. The van der Waals surface area contributed by atoms with Crippen LogP contribution in [0.3, 0.4) is 0 Å². The average molecular weight is 469 g/mol. The van der Waals surface area contributed by atoms with Crippen molar-refractivity contribution in [3.8, 4) is 11.4 Å². The number of carbonyl (C=O) groups excluding carboxylic acids is 1. The van der Waals surface area contributed by atoms with E-state index in [2.05, 4.69) is 31.2 Å². The summed E-state index contributed by atoms with van der Waals surface area (Å²) in [5, 5.41) is 16.9. The van der Waals surface area contributed by atoms with Crippen LogP contribution in [-0.2, 0) is 0 Å². The highest BCUT2D eigenvalue weighted by Crippen LogP contribution is 2.23. The van der Waals surface area contributed by atoms with Gasteiger partial charge < -0.3 is 15.3 Å². The van der Waals surface area contributed by atoms with E-state index in [4.69, 9.17) is 0 Å². The second-order valence-electron chi connectivity index (χ2n) is 7.15. The number of aromatic nitrogens is 2. The average Bonchev–Trinajstić information content (AvgIpc) is 2.76. The lowest BCUT2D eigenvalue weighted by Crippen LogP contribution is -2.29. The molecule has 1 aliphatic heterocycles. The molecule has 1 aliphatic rings. The maximum absolute atomic E-state index is 12.7. The molecule has 0 atom stereocenters. The number of piperidine rings is 1. The molecular formula is C22H21BrN4O3. The number of nitrogens with zero attached hydrogens (tertiary/aromatic N) is 3. The summed E-state index contributed by atoms with van der Waals surface area (Å²) in [4.78, 5) is 27.3. The maximum Gasteiger partial charge on any atom is 0.279 e. The fraction of sp³-hybridized carbons (Fsp3) is 0.227. The number of benzene rings is 2. The second-order valence-corrected chi connectivity index (χ2v) is 8.07. The van der Waals surface area contributed by atoms with E-state index in [9.17, 15) is 14.7 Å². The minimum atomic E-state index is -0.593. The van der Waals surface area contributed by atoms with E-state index >= 15 is 0 Å². The van der Waals surface area contributed by atoms with Gasteiger partial charge in [-0.2, -0.15) is 9.78 Å². The first kappa shape index (κ1) is 20.2. The molecule has 2 heterocycles. The van der Waals surface area contributed by atoms with Crippen molar-refractivity contribution in [3.63, 3.8) is 0 Å². The van der Waals surface area contributed by atoms with Gasteiger partial charge >= 0.3 is 0 Å². The number of amides is 1. The van der Waals surface area contributed by atoms with Crippen LogP contribution in [0.1, 0.15) is 29.8 Å². The molecule has 0 unspecified atom stereocenters. The lowest BCUT2D eigenvalue weighted by Gasteiger charge is -2.28. The molecule has 30 heavy (non-hydrogen) atoms. The number of anilines is 2. The molecule has 0 bridgehead atoms. The van der Waals surface area contributed by atoms with Crippen LogP contribution in [0, 0.1) is 0 Å². The van der Waals surface area contributed by atoms with Gasteiger partial charge in [0.25, 0.3) is 11.5 Å². The Morgan fingerprint density at radius 1 is 0.967 bits per heavy atom. The highest BCUT2D eigenvalue weighted by atomic mass is 79.9. The Labute approximate surface area is 182 Å². The van der Waals surface area contributed by atoms with E-state index in [1.807, 2.05) is 24.3 Å². The predicted molar refractivity (Wildman–Crippen MR) is 120 cm³/mol. The van der Waals surface area contributed by atoms with Crippen molar-refractivity contribution in [2.75, 3.05) is 23.3 Å². The smallest absolute Gasteiger partial charge is 0.279 e. The van der Waals surface area contributed by atoms with Crippen molar-refractivity contribution in [1.29, 1.82) is 0 Å². The molecule has 7 nitrogen and oxygen atoms in total. The van der Waals surface area contributed by atoms with E-state index in [0.29, 0.717) is 11.4 Å². The topological polar surface area (TPSA) is 87.5 Å². The van der Waals surface area contributed by atoms with Crippen molar-refractivity contribution < 1.29 is 9.90 Å². The van der Waals surface area contributed by atoms with Crippen molar-refractivity contribution in [3.05, 3.63) is 75.1 Å². The molecule has 1 saturated heterocycles. The number of hydrogen-bond acceptors (Lipinski definition) is 5. The minimum absolute atomic E-state index is 0.224. The zero-order chi connectivity index (χ0) is 21.1. The molecule has 0 aliphatic carbocycles. The van der Waals surface area contributed by atoms with Crippen LogP contribution >= 0.6 is 15.9 Å². The zero-order valence-electron chi connectivity index (χ0n) is 16.2. The van der Waals surface area contributed by atoms with E-state index in [0.717, 1.165) is 34.0 Å². The molecule has 2 N–H and O–H groups in total. The van der Waals surface area contributed by atoms with Crippen LogP contribution in [0.5, 0.6) is 5.75 Å². The van der Waals surface area contributed by atoms with Crippen molar-refractivity contribution in [2.24, 2.45) is 0 Å². The number of halogens is 1. The molecule has 0 saturated carbocycles. The van der Waals surface area contributed by atoms with Gasteiger partial charge in [-0.15, -0.1) is 0 Å². The first-order chi connectivity index (χ1) is 14.5. The van der Waals surface area contributed by atoms with E-state index in [1.165, 1.54) is 19.3 Å². The van der Waals surface area contributed by atoms with Gasteiger partial charge in [-0.3, -0.25) is 9.59 Å². The summed E-state index contributed by atoms with van der Waals surface area (Å²) >= 11 is 3.34. The van der Waals surface area contributed by atoms with Gasteiger partial charge in [0.05, 0.1) is 5.69 Å². The first-order valence-electron chi connectivity index (χ1n) is 9.77. The Hall–Kier alpha value is -3.13. The molecule has 4 rings (SSSR count). The zero-order valence-corrected chi connectivity index (χ0v) is 17.8. The van der Waals surface area contributed by atoms with Crippen molar-refractivity contribution in [2.45, 2.75) is 19.3 Å². The molecule has 8 heteroatoms. The SMILES string of the molecule is O=C(Nc1ccc(N2CCCCC2)cc1)c1nn(-c2ccc(Br)cc2)c(=O)cc1O. The monoisotopic (exact) mass is 468 g/mol. The van der Waals surface area contributed by atoms with Gasteiger partial charge in [0.2, 0.25) is 0 Å². The van der Waals surface area contributed by atoms with Crippen LogP contribution in [0.25, 0.3) is 5.69 Å². The standard InChI is InChI=1S/C22H21BrN4O3/c23-15-4-8-18(9-5-15)27-20(29)14-19(28)21(25-27)22(30)24-16-6-10-17(11-7-16)26-12-2-1-3-13-26/h4-11,14,28H,1-3,12-13H2,(H,24,30). The largest absolute Gasteiger partial charge is 0.505 e. The predicted octanol–water partition coefficient (Wildman–Crippen LogP) is 3.94. The third kappa shape index (κ3) is 4.38. The summed E-state index contributed by atoms with van der Waals surface area (Å²) in [7, 11) is 0. The van der Waals surface area contributed by atoms with Gasteiger partial charge in [-0.25, -0.2) is 0 Å². The Bertz CT molecular complexity index is 1100. The van der Waals surface area contributed by atoms with Gasteiger partial charge in [-0.05, 0) is 67.8 Å². The third-order valence-corrected chi connectivity index (χ3v) is 5.57. The minimum Gasteiger partial charge on any atom is -0.505 e. The van der Waals surface area contributed by atoms with Crippen molar-refractivity contribution in [1.82, 2.24) is 9.78 Å². The summed E-state index contributed by atoms with van der Waals surface area (Å²) in [6, 6.07) is 15.5. The van der Waals surface area contributed by atoms with Crippen LogP contribution in [-0.4, -0.2) is 33.9 Å². The molecule has 0 radical (unpaired) electrons. The Kier molecular flexibility index (Phi) is 5.85. The number of aromatic hydroxyl groups is 1. The van der Waals surface area contributed by atoms with Gasteiger partial charge in [-0.1, -0.05) is 15.9 Å². The number of nitrogens with one attached hydrogen (secondary N) is 1. The lowest BCUT2D eigenvalue weighted by molar-refractivity contribution is 0.101. The summed E-state index contributed by atoms with van der Waals surface area (Å²) in [5.74, 6) is -1.06. The van der Waals surface area contributed by atoms with Crippen LogP contribution < -0.4 is 15.8 Å². The fourth-order valence-electron chi connectivity index (χ4n) is 3.47. The molecule has 2 aromatic carbocycles. The summed E-state index contributed by atoms with van der Waals surface area (Å²) in [6.45, 7) is 2.09. The van der Waals surface area contributed by atoms with Crippen LogP contribution in [0.2, 0.25) is 0 Å². The summed E-state index contributed by atoms with van der Waals surface area (Å²) < 4.78 is 1.93. The Balaban J connectivity index is 1.55. The lowest BCUT2D eigenvalue weighted by atomic mass is 10.1. The van der Waals surface area contributed by atoms with Crippen molar-refractivity contribution >= 4 is 33.2 Å². The summed E-state index contributed by atoms with van der Waals surface area (Å²) in [6.07, 6.45) is 3.65. The van der Waals surface area contributed by atoms with Crippen LogP contribution in [0.4, 0.5) is 11.4 Å². The molecule has 0 spiro atoms. The molecular weight excluding hydrogens is 448 g/mol. The highest BCUT2D eigenvalue weighted by Gasteiger charge is 2.18. The Morgan fingerprint density at radius 2 is 1.60 bits per heavy atom. The fourth-order valence-corrected chi connectivity index (χ4v) is 3.74. The Morgan fingerprint density at radius 3 is 2.27 bits per heavy atom. The molecule has 1 amide bonds. The van der Waals surface area contributed by atoms with Crippen LogP contribution in [0.15, 0.2) is 63.9 Å². The number of carbonyl (C=O) groups is 1. The molecule has 1 aromatic heterocycles. The quantitative estimate of drug-likeness (QED) is 0.605. The molecule has 154 valence electrons. The highest BCUT2D eigenvalue weighted by molar-refractivity contribution is 9.10. The normalized spacial score (nSPS) is 13.8. The van der Waals surface area contributed by atoms with Gasteiger partial charge in [0, 0.05) is 35.0 Å². The second kappa shape index (κ2) is 8.71. The van der Waals surface area contributed by atoms with E-state index in [-0.39, 0.29) is 5.69 Å². The molecule has 3 aromatic rings. The number of hydrogen-bond donors (Lipinski definition) is 2. The van der Waals surface area contributed by atoms with Gasteiger partial charge in [0.1, 0.15) is 0 Å². The van der Waals surface area contributed by atoms with E-state index in [1.54, 1.807) is 24.3 Å². The first-order valence-corrected chi connectivity index (χ1v) is 10.6. The molecule has 1 fully saturated rings. The number of rotatable bonds is 4. The summed E-state index contributed by atoms with van der Waals surface area (Å²) in [5.41, 5.74) is 1.44. The van der Waals surface area contributed by atoms with E-state index < -0.39 is 17.2 Å². The van der Waals surface area contributed by atoms with Gasteiger partial charge in [0.15, 0.2) is 11.4 Å².